The minimum atomic E-state index is -0.0334. The quantitative estimate of drug-likeness (QED) is 0.879. The van der Waals surface area contributed by atoms with Crippen LogP contribution in [-0.2, 0) is 0 Å². The monoisotopic (exact) mass is 272 g/mol. The normalized spacial score (nSPS) is 17.9. The van der Waals surface area contributed by atoms with Crippen LogP contribution in [0.4, 0.5) is 0 Å². The first kappa shape index (κ1) is 12.1. The van der Waals surface area contributed by atoms with Crippen LogP contribution in [0, 0.1) is 0 Å². The van der Waals surface area contributed by atoms with Gasteiger partial charge < -0.3 is 10.5 Å². The van der Waals surface area contributed by atoms with E-state index in [1.807, 2.05) is 30.3 Å². The maximum absolute atomic E-state index is 9.90. The van der Waals surface area contributed by atoms with E-state index >= 15 is 0 Å². The van der Waals surface area contributed by atoms with Gasteiger partial charge in [-0.3, -0.25) is 0 Å². The molecule has 2 N–H and O–H groups in total. The van der Waals surface area contributed by atoms with Gasteiger partial charge in [0.25, 0.3) is 0 Å². The number of hydrogen-bond donors (Lipinski definition) is 2. The number of halogens is 1. The second kappa shape index (κ2) is 4.94. The summed E-state index contributed by atoms with van der Waals surface area (Å²) in [4.78, 5) is 0. The van der Waals surface area contributed by atoms with Gasteiger partial charge in [0, 0.05) is 17.0 Å². The van der Waals surface area contributed by atoms with Gasteiger partial charge in [-0.05, 0) is 23.8 Å². The topological polar surface area (TPSA) is 44.6 Å². The van der Waals surface area contributed by atoms with Crippen molar-refractivity contribution in [3.05, 3.63) is 64.7 Å². The highest BCUT2D eigenvalue weighted by molar-refractivity contribution is 6.30. The van der Waals surface area contributed by atoms with E-state index in [1.54, 1.807) is 18.2 Å². The summed E-state index contributed by atoms with van der Waals surface area (Å²) in [5.74, 6) is 0.242. The molecule has 2 aromatic rings. The fourth-order valence-electron chi connectivity index (χ4n) is 2.24. The maximum atomic E-state index is 9.90. The summed E-state index contributed by atoms with van der Waals surface area (Å²) in [6.45, 7) is 0. The average Bonchev–Trinajstić information content (AvgIpc) is 2.92. The van der Waals surface area contributed by atoms with Gasteiger partial charge in [-0.1, -0.05) is 41.9 Å². The fourth-order valence-corrected chi connectivity index (χ4v) is 2.42. The highest BCUT2D eigenvalue weighted by Gasteiger charge is 2.23. The van der Waals surface area contributed by atoms with Crippen molar-refractivity contribution in [1.82, 2.24) is 5.43 Å². The van der Waals surface area contributed by atoms with E-state index in [-0.39, 0.29) is 11.8 Å². The Hall–Kier alpha value is -2.00. The minimum Gasteiger partial charge on any atom is -0.508 e. The zero-order chi connectivity index (χ0) is 13.2. The molecule has 0 saturated heterocycles. The highest BCUT2D eigenvalue weighted by Crippen LogP contribution is 2.32. The lowest BCUT2D eigenvalue weighted by atomic mass is 9.98. The van der Waals surface area contributed by atoms with E-state index in [1.165, 1.54) is 0 Å². The van der Waals surface area contributed by atoms with Crippen LogP contribution >= 0.6 is 11.6 Å². The Morgan fingerprint density at radius 1 is 1.16 bits per heavy atom. The number of nitrogens with one attached hydrogen (secondary N) is 1. The number of benzene rings is 2. The summed E-state index contributed by atoms with van der Waals surface area (Å²) in [6.07, 6.45) is 0.734. The van der Waals surface area contributed by atoms with Gasteiger partial charge in [-0.15, -0.1) is 0 Å². The standard InChI is InChI=1S/C15H13ClN2O/c16-11-6-7-15(19)12(8-11)14-9-13(17-18-14)10-4-2-1-3-5-10/h1-8,14,18-19H,9H2. The summed E-state index contributed by atoms with van der Waals surface area (Å²) >= 11 is 5.97. The summed E-state index contributed by atoms with van der Waals surface area (Å²) < 4.78 is 0. The first-order chi connectivity index (χ1) is 9.24. The molecule has 0 spiro atoms. The molecule has 3 rings (SSSR count). The lowest BCUT2D eigenvalue weighted by molar-refractivity contribution is 0.455. The molecule has 3 nitrogen and oxygen atoms in total. The van der Waals surface area contributed by atoms with Crippen molar-refractivity contribution in [2.45, 2.75) is 12.5 Å². The molecular formula is C15H13ClN2O. The molecule has 0 radical (unpaired) electrons. The van der Waals surface area contributed by atoms with E-state index < -0.39 is 0 Å². The molecule has 0 bridgehead atoms. The maximum Gasteiger partial charge on any atom is 0.121 e. The minimum absolute atomic E-state index is 0.0334. The van der Waals surface area contributed by atoms with Gasteiger partial charge in [-0.2, -0.15) is 5.10 Å². The van der Waals surface area contributed by atoms with Crippen LogP contribution in [-0.4, -0.2) is 10.8 Å². The Bertz CT molecular complexity index is 625. The number of nitrogens with zero attached hydrogens (tertiary/aromatic N) is 1. The van der Waals surface area contributed by atoms with Gasteiger partial charge in [0.15, 0.2) is 0 Å². The first-order valence-corrected chi connectivity index (χ1v) is 6.48. The number of phenols is 1. The number of hydrogen-bond acceptors (Lipinski definition) is 3. The zero-order valence-corrected chi connectivity index (χ0v) is 10.9. The molecule has 1 aliphatic rings. The van der Waals surface area contributed by atoms with Crippen LogP contribution in [0.1, 0.15) is 23.6 Å². The van der Waals surface area contributed by atoms with E-state index in [9.17, 15) is 5.11 Å². The summed E-state index contributed by atoms with van der Waals surface area (Å²) in [6, 6.07) is 15.0. The molecule has 96 valence electrons. The number of aromatic hydroxyl groups is 1. The van der Waals surface area contributed by atoms with Crippen LogP contribution in [0.25, 0.3) is 0 Å². The van der Waals surface area contributed by atoms with Gasteiger partial charge in [0.2, 0.25) is 0 Å². The van der Waals surface area contributed by atoms with Gasteiger partial charge in [0.05, 0.1) is 11.8 Å². The van der Waals surface area contributed by atoms with Gasteiger partial charge >= 0.3 is 0 Å². The molecule has 1 heterocycles. The van der Waals surface area contributed by atoms with Gasteiger partial charge in [-0.25, -0.2) is 0 Å². The third kappa shape index (κ3) is 2.42. The van der Waals surface area contributed by atoms with Crippen molar-refractivity contribution in [2.75, 3.05) is 0 Å². The molecule has 2 aromatic carbocycles. The van der Waals surface area contributed by atoms with Crippen LogP contribution in [0.2, 0.25) is 5.02 Å². The predicted molar refractivity (Wildman–Crippen MR) is 76.6 cm³/mol. The van der Waals surface area contributed by atoms with Crippen molar-refractivity contribution in [3.8, 4) is 5.75 Å². The Morgan fingerprint density at radius 3 is 2.74 bits per heavy atom. The Morgan fingerprint density at radius 2 is 1.95 bits per heavy atom. The van der Waals surface area contributed by atoms with E-state index in [2.05, 4.69) is 10.5 Å². The van der Waals surface area contributed by atoms with Crippen molar-refractivity contribution in [2.24, 2.45) is 5.10 Å². The molecule has 4 heteroatoms. The lowest BCUT2D eigenvalue weighted by Gasteiger charge is -2.12. The van der Waals surface area contributed by atoms with E-state index in [0.717, 1.165) is 23.3 Å². The van der Waals surface area contributed by atoms with Crippen LogP contribution < -0.4 is 5.43 Å². The highest BCUT2D eigenvalue weighted by atomic mass is 35.5. The van der Waals surface area contributed by atoms with E-state index in [4.69, 9.17) is 11.6 Å². The molecule has 0 aromatic heterocycles. The second-order valence-corrected chi connectivity index (χ2v) is 4.95. The van der Waals surface area contributed by atoms with Crippen molar-refractivity contribution < 1.29 is 5.11 Å². The number of phenolic OH excluding ortho intramolecular Hbond substituents is 1. The summed E-state index contributed by atoms with van der Waals surface area (Å²) in [5.41, 5.74) is 5.93. The summed E-state index contributed by atoms with van der Waals surface area (Å²) in [5, 5.41) is 14.9. The first-order valence-electron chi connectivity index (χ1n) is 6.10. The van der Waals surface area contributed by atoms with Crippen molar-refractivity contribution >= 4 is 17.3 Å². The Labute approximate surface area is 116 Å². The number of hydrazone groups is 1. The molecule has 0 saturated carbocycles. The zero-order valence-electron chi connectivity index (χ0n) is 10.2. The van der Waals surface area contributed by atoms with Crippen LogP contribution in [0.15, 0.2) is 53.6 Å². The average molecular weight is 273 g/mol. The molecular weight excluding hydrogens is 260 g/mol. The molecule has 1 aliphatic heterocycles. The molecule has 1 atom stereocenters. The molecule has 0 aliphatic carbocycles. The summed E-state index contributed by atoms with van der Waals surface area (Å²) in [7, 11) is 0. The van der Waals surface area contributed by atoms with Crippen LogP contribution in [0.5, 0.6) is 5.75 Å². The largest absolute Gasteiger partial charge is 0.508 e. The molecule has 0 fully saturated rings. The van der Waals surface area contributed by atoms with E-state index in [0.29, 0.717) is 5.02 Å². The number of rotatable bonds is 2. The second-order valence-electron chi connectivity index (χ2n) is 4.51. The van der Waals surface area contributed by atoms with Crippen molar-refractivity contribution in [1.29, 1.82) is 0 Å². The lowest BCUT2D eigenvalue weighted by Crippen LogP contribution is -2.10. The molecule has 19 heavy (non-hydrogen) atoms. The smallest absolute Gasteiger partial charge is 0.121 e. The fraction of sp³-hybridized carbons (Fsp3) is 0.133. The third-order valence-corrected chi connectivity index (χ3v) is 3.46. The third-order valence-electron chi connectivity index (χ3n) is 3.22. The Balaban J connectivity index is 1.83. The predicted octanol–water partition coefficient (Wildman–Crippen LogP) is 3.48. The molecule has 1 unspecified atom stereocenters. The van der Waals surface area contributed by atoms with Gasteiger partial charge in [0.1, 0.15) is 5.75 Å². The Kier molecular flexibility index (Phi) is 3.13. The molecule has 0 amide bonds. The van der Waals surface area contributed by atoms with Crippen molar-refractivity contribution in [3.63, 3.8) is 0 Å². The SMILES string of the molecule is Oc1ccc(Cl)cc1C1CC(c2ccccc2)=NN1. The van der Waals surface area contributed by atoms with Crippen LogP contribution in [0.3, 0.4) is 0 Å².